The zero-order valence-corrected chi connectivity index (χ0v) is 11.2. The van der Waals surface area contributed by atoms with Gasteiger partial charge in [-0.2, -0.15) is 0 Å². The van der Waals surface area contributed by atoms with Crippen molar-refractivity contribution in [3.63, 3.8) is 0 Å². The SMILES string of the molecule is Cc1cc(N)ccc1N1CC[C@@H](N2CCCC2)C1. The van der Waals surface area contributed by atoms with Crippen LogP contribution in [0.4, 0.5) is 11.4 Å². The number of nitrogens with zero attached hydrogens (tertiary/aromatic N) is 2. The number of anilines is 2. The summed E-state index contributed by atoms with van der Waals surface area (Å²) in [6.45, 7) is 7.14. The van der Waals surface area contributed by atoms with Gasteiger partial charge in [0.15, 0.2) is 0 Å². The first-order valence-corrected chi connectivity index (χ1v) is 7.09. The second kappa shape index (κ2) is 4.81. The smallest absolute Gasteiger partial charge is 0.0397 e. The molecule has 1 atom stereocenters. The molecule has 0 bridgehead atoms. The van der Waals surface area contributed by atoms with Gasteiger partial charge in [-0.05, 0) is 63.0 Å². The molecule has 2 saturated heterocycles. The third-order valence-corrected chi connectivity index (χ3v) is 4.38. The van der Waals surface area contributed by atoms with Gasteiger partial charge in [-0.15, -0.1) is 0 Å². The molecule has 3 heteroatoms. The van der Waals surface area contributed by atoms with E-state index in [-0.39, 0.29) is 0 Å². The molecular formula is C15H23N3. The van der Waals surface area contributed by atoms with E-state index in [1.165, 1.54) is 56.7 Å². The summed E-state index contributed by atoms with van der Waals surface area (Å²) >= 11 is 0. The molecule has 0 amide bonds. The lowest BCUT2D eigenvalue weighted by Crippen LogP contribution is -2.35. The number of nitrogen functional groups attached to an aromatic ring is 1. The van der Waals surface area contributed by atoms with E-state index >= 15 is 0 Å². The maximum Gasteiger partial charge on any atom is 0.0397 e. The van der Waals surface area contributed by atoms with E-state index in [1.807, 2.05) is 6.07 Å². The second-order valence-electron chi connectivity index (χ2n) is 5.68. The van der Waals surface area contributed by atoms with Crippen molar-refractivity contribution in [2.45, 2.75) is 32.2 Å². The van der Waals surface area contributed by atoms with Gasteiger partial charge in [-0.1, -0.05) is 0 Å². The van der Waals surface area contributed by atoms with Crippen LogP contribution < -0.4 is 10.6 Å². The molecule has 18 heavy (non-hydrogen) atoms. The fourth-order valence-electron chi connectivity index (χ4n) is 3.40. The molecule has 2 aliphatic rings. The van der Waals surface area contributed by atoms with Crippen molar-refractivity contribution >= 4 is 11.4 Å². The molecular weight excluding hydrogens is 222 g/mol. The average molecular weight is 245 g/mol. The molecule has 0 aromatic heterocycles. The molecule has 1 aromatic rings. The Morgan fingerprint density at radius 1 is 1.17 bits per heavy atom. The summed E-state index contributed by atoms with van der Waals surface area (Å²) in [5.74, 6) is 0. The summed E-state index contributed by atoms with van der Waals surface area (Å²) in [6.07, 6.45) is 4.08. The zero-order chi connectivity index (χ0) is 12.5. The van der Waals surface area contributed by atoms with Crippen LogP contribution >= 0.6 is 0 Å². The highest BCUT2D eigenvalue weighted by Crippen LogP contribution is 2.28. The minimum atomic E-state index is 0.768. The summed E-state index contributed by atoms with van der Waals surface area (Å²) in [5, 5.41) is 0. The quantitative estimate of drug-likeness (QED) is 0.811. The molecule has 3 nitrogen and oxygen atoms in total. The van der Waals surface area contributed by atoms with Crippen molar-refractivity contribution in [1.82, 2.24) is 4.90 Å². The molecule has 0 spiro atoms. The number of hydrogen-bond donors (Lipinski definition) is 1. The van der Waals surface area contributed by atoms with Gasteiger partial charge in [0.25, 0.3) is 0 Å². The van der Waals surface area contributed by atoms with Crippen LogP contribution in [0.3, 0.4) is 0 Å². The largest absolute Gasteiger partial charge is 0.399 e. The van der Waals surface area contributed by atoms with Crippen LogP contribution in [0.25, 0.3) is 0 Å². The fraction of sp³-hybridized carbons (Fsp3) is 0.600. The van der Waals surface area contributed by atoms with Crippen molar-refractivity contribution in [2.24, 2.45) is 0 Å². The van der Waals surface area contributed by atoms with Crippen LogP contribution in [-0.2, 0) is 0 Å². The van der Waals surface area contributed by atoms with Crippen molar-refractivity contribution in [3.8, 4) is 0 Å². The van der Waals surface area contributed by atoms with E-state index in [2.05, 4.69) is 28.9 Å². The average Bonchev–Trinajstić information content (AvgIpc) is 2.99. The first-order chi connectivity index (χ1) is 8.74. The van der Waals surface area contributed by atoms with E-state index < -0.39 is 0 Å². The Kier molecular flexibility index (Phi) is 3.16. The van der Waals surface area contributed by atoms with Gasteiger partial charge in [0.1, 0.15) is 0 Å². The molecule has 0 aliphatic carbocycles. The standard InChI is InChI=1S/C15H23N3/c1-12-10-13(16)4-5-15(12)18-9-6-14(11-18)17-7-2-3-8-17/h4-5,10,14H,2-3,6-9,11,16H2,1H3/t14-/m1/s1. The lowest BCUT2D eigenvalue weighted by atomic mass is 10.1. The fourth-order valence-corrected chi connectivity index (χ4v) is 3.40. The van der Waals surface area contributed by atoms with Gasteiger partial charge in [-0.3, -0.25) is 4.90 Å². The predicted molar refractivity (Wildman–Crippen MR) is 77.0 cm³/mol. The van der Waals surface area contributed by atoms with E-state index in [9.17, 15) is 0 Å². The summed E-state index contributed by atoms with van der Waals surface area (Å²) in [7, 11) is 0. The van der Waals surface area contributed by atoms with E-state index in [1.54, 1.807) is 0 Å². The maximum absolute atomic E-state index is 5.83. The number of hydrogen-bond acceptors (Lipinski definition) is 3. The normalized spacial score (nSPS) is 24.9. The Labute approximate surface area is 110 Å². The Morgan fingerprint density at radius 2 is 1.94 bits per heavy atom. The molecule has 98 valence electrons. The van der Waals surface area contributed by atoms with Gasteiger partial charge in [0.05, 0.1) is 0 Å². The van der Waals surface area contributed by atoms with Crippen LogP contribution in [0.2, 0.25) is 0 Å². The molecule has 0 unspecified atom stereocenters. The molecule has 1 aromatic carbocycles. The van der Waals surface area contributed by atoms with Crippen molar-refractivity contribution in [2.75, 3.05) is 36.8 Å². The molecule has 2 fully saturated rings. The predicted octanol–water partition coefficient (Wildman–Crippen LogP) is 2.25. The first kappa shape index (κ1) is 11.8. The van der Waals surface area contributed by atoms with Gasteiger partial charge >= 0.3 is 0 Å². The molecule has 2 heterocycles. The maximum atomic E-state index is 5.83. The summed E-state index contributed by atoms with van der Waals surface area (Å²) in [5.41, 5.74) is 9.36. The lowest BCUT2D eigenvalue weighted by Gasteiger charge is -2.25. The summed E-state index contributed by atoms with van der Waals surface area (Å²) < 4.78 is 0. The minimum Gasteiger partial charge on any atom is -0.399 e. The van der Waals surface area contributed by atoms with Gasteiger partial charge in [-0.25, -0.2) is 0 Å². The zero-order valence-electron chi connectivity index (χ0n) is 11.2. The summed E-state index contributed by atoms with van der Waals surface area (Å²) in [6, 6.07) is 7.05. The first-order valence-electron chi connectivity index (χ1n) is 7.09. The Bertz CT molecular complexity index is 424. The van der Waals surface area contributed by atoms with Crippen LogP contribution in [0.1, 0.15) is 24.8 Å². The molecule has 0 saturated carbocycles. The van der Waals surface area contributed by atoms with Crippen molar-refractivity contribution in [1.29, 1.82) is 0 Å². The molecule has 0 radical (unpaired) electrons. The van der Waals surface area contributed by atoms with E-state index in [0.717, 1.165) is 11.7 Å². The van der Waals surface area contributed by atoms with Gasteiger partial charge < -0.3 is 10.6 Å². The van der Waals surface area contributed by atoms with Crippen LogP contribution in [0.15, 0.2) is 18.2 Å². The van der Waals surface area contributed by atoms with Crippen molar-refractivity contribution in [3.05, 3.63) is 23.8 Å². The van der Waals surface area contributed by atoms with Gasteiger partial charge in [0, 0.05) is 30.5 Å². The third-order valence-electron chi connectivity index (χ3n) is 4.38. The second-order valence-corrected chi connectivity index (χ2v) is 5.68. The number of nitrogens with two attached hydrogens (primary N) is 1. The molecule has 3 rings (SSSR count). The third kappa shape index (κ3) is 2.19. The van der Waals surface area contributed by atoms with E-state index in [4.69, 9.17) is 5.73 Å². The van der Waals surface area contributed by atoms with Crippen LogP contribution in [0, 0.1) is 6.92 Å². The number of likely N-dealkylation sites (tertiary alicyclic amines) is 1. The molecule has 2 N–H and O–H groups in total. The molecule has 2 aliphatic heterocycles. The Hall–Kier alpha value is -1.22. The number of rotatable bonds is 2. The Balaban J connectivity index is 1.71. The minimum absolute atomic E-state index is 0.768. The van der Waals surface area contributed by atoms with Crippen molar-refractivity contribution < 1.29 is 0 Å². The van der Waals surface area contributed by atoms with E-state index in [0.29, 0.717) is 0 Å². The number of benzene rings is 1. The van der Waals surface area contributed by atoms with Gasteiger partial charge in [0.2, 0.25) is 0 Å². The summed E-state index contributed by atoms with van der Waals surface area (Å²) in [4.78, 5) is 5.20. The Morgan fingerprint density at radius 3 is 2.67 bits per heavy atom. The highest BCUT2D eigenvalue weighted by Gasteiger charge is 2.29. The monoisotopic (exact) mass is 245 g/mol. The van der Waals surface area contributed by atoms with Crippen LogP contribution in [0.5, 0.6) is 0 Å². The highest BCUT2D eigenvalue weighted by atomic mass is 15.3. The highest BCUT2D eigenvalue weighted by molar-refractivity contribution is 5.59. The lowest BCUT2D eigenvalue weighted by molar-refractivity contribution is 0.260. The topological polar surface area (TPSA) is 32.5 Å². The number of aryl methyl sites for hydroxylation is 1. The van der Waals surface area contributed by atoms with Crippen LogP contribution in [-0.4, -0.2) is 37.1 Å².